The van der Waals surface area contributed by atoms with Gasteiger partial charge in [0.1, 0.15) is 4.21 Å². The Bertz CT molecular complexity index is 650. The van der Waals surface area contributed by atoms with Crippen LogP contribution in [0.3, 0.4) is 0 Å². The van der Waals surface area contributed by atoms with Gasteiger partial charge < -0.3 is 5.32 Å². The van der Waals surface area contributed by atoms with E-state index in [0.717, 1.165) is 24.2 Å². The van der Waals surface area contributed by atoms with E-state index in [1.807, 2.05) is 10.8 Å². The fourth-order valence-electron chi connectivity index (χ4n) is 1.77. The van der Waals surface area contributed by atoms with Crippen LogP contribution in [0.2, 0.25) is 0 Å². The zero-order valence-electron chi connectivity index (χ0n) is 12.1. The second kappa shape index (κ2) is 7.46. The van der Waals surface area contributed by atoms with Crippen LogP contribution in [0, 0.1) is 0 Å². The summed E-state index contributed by atoms with van der Waals surface area (Å²) in [7, 11) is -1.85. The van der Waals surface area contributed by atoms with Crippen LogP contribution in [0.15, 0.2) is 26.5 Å². The Hall–Kier alpha value is -0.800. The summed E-state index contributed by atoms with van der Waals surface area (Å²) in [4.78, 5) is 4.12. The molecular weight excluding hydrogens is 326 g/mol. The zero-order chi connectivity index (χ0) is 15.3. The highest BCUT2D eigenvalue weighted by Crippen LogP contribution is 2.24. The van der Waals surface area contributed by atoms with Gasteiger partial charge in [-0.1, -0.05) is 6.92 Å². The van der Waals surface area contributed by atoms with Crippen molar-refractivity contribution >= 4 is 32.7 Å². The molecule has 8 heteroatoms. The molecule has 0 amide bonds. The number of aromatic nitrogens is 1. The molecule has 2 aromatic rings. The molecule has 0 bridgehead atoms. The quantitative estimate of drug-likeness (QED) is 0.747. The maximum atomic E-state index is 12.5. The van der Waals surface area contributed by atoms with Crippen molar-refractivity contribution in [2.24, 2.45) is 0 Å². The topological polar surface area (TPSA) is 62.3 Å². The fraction of sp³-hybridized carbons (Fsp3) is 0.462. The summed E-state index contributed by atoms with van der Waals surface area (Å²) in [6.45, 7) is 4.04. The van der Waals surface area contributed by atoms with Gasteiger partial charge >= 0.3 is 0 Å². The molecule has 21 heavy (non-hydrogen) atoms. The van der Waals surface area contributed by atoms with Crippen molar-refractivity contribution in [3.8, 4) is 0 Å². The van der Waals surface area contributed by atoms with Gasteiger partial charge in [-0.05, 0) is 30.0 Å². The first kappa shape index (κ1) is 16.6. The number of hydrogen-bond donors (Lipinski definition) is 1. The summed E-state index contributed by atoms with van der Waals surface area (Å²) in [5, 5.41) is 7.03. The monoisotopic (exact) mass is 345 g/mol. The van der Waals surface area contributed by atoms with Crippen LogP contribution in [0.25, 0.3) is 0 Å². The van der Waals surface area contributed by atoms with Crippen LogP contribution < -0.4 is 5.32 Å². The van der Waals surface area contributed by atoms with Crippen LogP contribution in [0.4, 0.5) is 0 Å². The van der Waals surface area contributed by atoms with Gasteiger partial charge in [-0.2, -0.15) is 4.31 Å². The predicted molar refractivity (Wildman–Crippen MR) is 87.1 cm³/mol. The molecule has 2 heterocycles. The molecule has 0 saturated heterocycles. The molecule has 0 atom stereocenters. The van der Waals surface area contributed by atoms with Crippen molar-refractivity contribution in [1.82, 2.24) is 14.6 Å². The van der Waals surface area contributed by atoms with E-state index >= 15 is 0 Å². The standard InChI is InChI=1S/C13H19N3O2S3/c1-3-4-14-6-11-5-13(20-8-11)21(17,18)16(2)7-12-9-19-10-15-12/h5,8-10,14H,3-4,6-7H2,1-2H3. The van der Waals surface area contributed by atoms with Gasteiger partial charge in [0.2, 0.25) is 0 Å². The largest absolute Gasteiger partial charge is 0.313 e. The smallest absolute Gasteiger partial charge is 0.252 e. The van der Waals surface area contributed by atoms with Crippen molar-refractivity contribution in [3.05, 3.63) is 33.6 Å². The third-order valence-corrected chi connectivity index (χ3v) is 6.82. The molecule has 0 radical (unpaired) electrons. The minimum atomic E-state index is -3.44. The van der Waals surface area contributed by atoms with Gasteiger partial charge in [0.05, 0.1) is 17.7 Å². The minimum absolute atomic E-state index is 0.299. The highest BCUT2D eigenvalue weighted by atomic mass is 32.2. The molecule has 116 valence electrons. The number of thiazole rings is 1. The van der Waals surface area contributed by atoms with E-state index in [4.69, 9.17) is 0 Å². The van der Waals surface area contributed by atoms with Crippen molar-refractivity contribution in [3.63, 3.8) is 0 Å². The molecule has 0 aliphatic carbocycles. The van der Waals surface area contributed by atoms with Crippen LogP contribution in [-0.4, -0.2) is 31.3 Å². The van der Waals surface area contributed by atoms with E-state index in [0.29, 0.717) is 17.3 Å². The summed E-state index contributed by atoms with van der Waals surface area (Å²) in [5.74, 6) is 0. The average Bonchev–Trinajstić information content (AvgIpc) is 3.10. The number of thiophene rings is 1. The predicted octanol–water partition coefficient (Wildman–Crippen LogP) is 2.52. The van der Waals surface area contributed by atoms with Crippen LogP contribution >= 0.6 is 22.7 Å². The maximum absolute atomic E-state index is 12.5. The van der Waals surface area contributed by atoms with E-state index in [-0.39, 0.29) is 0 Å². The van der Waals surface area contributed by atoms with Crippen molar-refractivity contribution < 1.29 is 8.42 Å². The minimum Gasteiger partial charge on any atom is -0.313 e. The molecule has 0 spiro atoms. The second-order valence-corrected chi connectivity index (χ2v) is 8.59. The van der Waals surface area contributed by atoms with E-state index in [2.05, 4.69) is 17.2 Å². The highest BCUT2D eigenvalue weighted by molar-refractivity contribution is 7.91. The number of rotatable bonds is 8. The normalized spacial score (nSPS) is 12.1. The first-order chi connectivity index (χ1) is 10.0. The molecule has 0 saturated carbocycles. The van der Waals surface area contributed by atoms with Crippen LogP contribution in [0.1, 0.15) is 24.6 Å². The van der Waals surface area contributed by atoms with Gasteiger partial charge in [-0.15, -0.1) is 22.7 Å². The summed E-state index contributed by atoms with van der Waals surface area (Å²) in [5.41, 5.74) is 3.49. The first-order valence-corrected chi connectivity index (χ1v) is 9.92. The molecule has 5 nitrogen and oxygen atoms in total. The fourth-order valence-corrected chi connectivity index (χ4v) is 4.88. The Kier molecular flexibility index (Phi) is 5.88. The zero-order valence-corrected chi connectivity index (χ0v) is 14.5. The van der Waals surface area contributed by atoms with Gasteiger partial charge in [0, 0.05) is 19.0 Å². The number of hydrogen-bond acceptors (Lipinski definition) is 6. The lowest BCUT2D eigenvalue weighted by Crippen LogP contribution is -2.26. The number of nitrogens with zero attached hydrogens (tertiary/aromatic N) is 2. The van der Waals surface area contributed by atoms with E-state index in [1.54, 1.807) is 18.6 Å². The lowest BCUT2D eigenvalue weighted by molar-refractivity contribution is 0.464. The number of nitrogens with one attached hydrogen (secondary N) is 1. The molecule has 0 unspecified atom stereocenters. The third-order valence-electron chi connectivity index (χ3n) is 2.92. The molecule has 2 aromatic heterocycles. The van der Waals surface area contributed by atoms with Gasteiger partial charge in [-0.25, -0.2) is 13.4 Å². The summed E-state index contributed by atoms with van der Waals surface area (Å²) < 4.78 is 26.7. The van der Waals surface area contributed by atoms with Crippen LogP contribution in [0.5, 0.6) is 0 Å². The Morgan fingerprint density at radius 2 is 2.19 bits per heavy atom. The summed E-state index contributed by atoms with van der Waals surface area (Å²) in [6.07, 6.45) is 1.06. The van der Waals surface area contributed by atoms with Crippen molar-refractivity contribution in [2.45, 2.75) is 30.6 Å². The maximum Gasteiger partial charge on any atom is 0.252 e. The Morgan fingerprint density at radius 1 is 1.38 bits per heavy atom. The molecule has 0 aromatic carbocycles. The Balaban J connectivity index is 2.04. The third kappa shape index (κ3) is 4.33. The Labute approximate surface area is 133 Å². The average molecular weight is 346 g/mol. The Morgan fingerprint density at radius 3 is 2.86 bits per heavy atom. The van der Waals surface area contributed by atoms with E-state index in [1.165, 1.54) is 27.0 Å². The van der Waals surface area contributed by atoms with Crippen molar-refractivity contribution in [2.75, 3.05) is 13.6 Å². The molecule has 2 rings (SSSR count). The highest BCUT2D eigenvalue weighted by Gasteiger charge is 2.23. The van der Waals surface area contributed by atoms with Gasteiger partial charge in [-0.3, -0.25) is 0 Å². The molecule has 0 aliphatic rings. The molecule has 0 fully saturated rings. The van der Waals surface area contributed by atoms with Gasteiger partial charge in [0.25, 0.3) is 10.0 Å². The van der Waals surface area contributed by atoms with Crippen LogP contribution in [-0.2, 0) is 23.1 Å². The second-order valence-electron chi connectivity index (χ2n) is 4.69. The summed E-state index contributed by atoms with van der Waals surface area (Å²) >= 11 is 2.73. The SMILES string of the molecule is CCCNCc1csc(S(=O)(=O)N(C)Cc2cscn2)c1. The summed E-state index contributed by atoms with van der Waals surface area (Å²) in [6, 6.07) is 1.75. The van der Waals surface area contributed by atoms with E-state index < -0.39 is 10.0 Å². The molecule has 0 aliphatic heterocycles. The van der Waals surface area contributed by atoms with Gasteiger partial charge in [0.15, 0.2) is 0 Å². The van der Waals surface area contributed by atoms with Crippen molar-refractivity contribution in [1.29, 1.82) is 0 Å². The lowest BCUT2D eigenvalue weighted by Gasteiger charge is -2.14. The molecular formula is C13H19N3O2S3. The molecule has 1 N–H and O–H groups in total. The first-order valence-electron chi connectivity index (χ1n) is 6.65. The number of sulfonamides is 1. The lowest BCUT2D eigenvalue weighted by atomic mass is 10.3. The van der Waals surface area contributed by atoms with E-state index in [9.17, 15) is 8.42 Å².